The summed E-state index contributed by atoms with van der Waals surface area (Å²) in [6.07, 6.45) is 5.45. The normalized spacial score (nSPS) is 15.6. The van der Waals surface area contributed by atoms with E-state index in [2.05, 4.69) is 13.8 Å². The van der Waals surface area contributed by atoms with E-state index in [0.717, 1.165) is 12.8 Å². The van der Waals surface area contributed by atoms with E-state index in [4.69, 9.17) is 9.47 Å². The predicted octanol–water partition coefficient (Wildman–Crippen LogP) is 4.25. The first-order chi connectivity index (χ1) is 9.60. The van der Waals surface area contributed by atoms with Crippen LogP contribution in [0.4, 0.5) is 0 Å². The molecule has 1 saturated carbocycles. The standard InChI is InChI=1S/C17H24O3/c1-12(2)10-15(18)13-8-9-16(19-3)17(11-13)20-14-6-4-5-7-14/h8-9,11-12,14H,4-7,10H2,1-3H3. The average molecular weight is 276 g/mol. The molecule has 0 spiro atoms. The van der Waals surface area contributed by atoms with Gasteiger partial charge in [0.1, 0.15) is 0 Å². The maximum Gasteiger partial charge on any atom is 0.163 e. The van der Waals surface area contributed by atoms with Crippen molar-refractivity contribution in [3.63, 3.8) is 0 Å². The lowest BCUT2D eigenvalue weighted by atomic mass is 10.0. The number of carbonyl (C=O) groups is 1. The first-order valence-electron chi connectivity index (χ1n) is 7.48. The van der Waals surface area contributed by atoms with E-state index in [0.29, 0.717) is 29.4 Å². The molecule has 1 aliphatic rings. The Balaban J connectivity index is 2.16. The Hall–Kier alpha value is -1.51. The van der Waals surface area contributed by atoms with E-state index in [-0.39, 0.29) is 11.9 Å². The number of Topliss-reactive ketones (excluding diaryl/α,β-unsaturated/α-hetero) is 1. The fourth-order valence-electron chi connectivity index (χ4n) is 2.62. The van der Waals surface area contributed by atoms with Crippen LogP contribution in [0.25, 0.3) is 0 Å². The number of benzene rings is 1. The maximum atomic E-state index is 12.1. The Morgan fingerprint density at radius 1 is 1.25 bits per heavy atom. The van der Waals surface area contributed by atoms with Crippen molar-refractivity contribution in [3.8, 4) is 11.5 Å². The number of ether oxygens (including phenoxy) is 2. The molecule has 20 heavy (non-hydrogen) atoms. The molecule has 1 aromatic rings. The molecular formula is C17H24O3. The minimum Gasteiger partial charge on any atom is -0.493 e. The fourth-order valence-corrected chi connectivity index (χ4v) is 2.62. The van der Waals surface area contributed by atoms with Crippen LogP contribution in [-0.2, 0) is 0 Å². The quantitative estimate of drug-likeness (QED) is 0.729. The zero-order valence-corrected chi connectivity index (χ0v) is 12.6. The van der Waals surface area contributed by atoms with Crippen molar-refractivity contribution in [2.24, 2.45) is 5.92 Å². The summed E-state index contributed by atoms with van der Waals surface area (Å²) in [6.45, 7) is 4.11. The monoisotopic (exact) mass is 276 g/mol. The van der Waals surface area contributed by atoms with Gasteiger partial charge in [-0.2, -0.15) is 0 Å². The highest BCUT2D eigenvalue weighted by molar-refractivity contribution is 5.96. The predicted molar refractivity (Wildman–Crippen MR) is 79.7 cm³/mol. The molecule has 0 atom stereocenters. The van der Waals surface area contributed by atoms with Gasteiger partial charge in [0, 0.05) is 12.0 Å². The minimum absolute atomic E-state index is 0.166. The van der Waals surface area contributed by atoms with Crippen LogP contribution >= 0.6 is 0 Å². The number of methoxy groups -OCH3 is 1. The van der Waals surface area contributed by atoms with Gasteiger partial charge < -0.3 is 9.47 Å². The van der Waals surface area contributed by atoms with E-state index in [1.54, 1.807) is 7.11 Å². The third-order valence-corrected chi connectivity index (χ3v) is 3.68. The Labute approximate surface area is 121 Å². The lowest BCUT2D eigenvalue weighted by molar-refractivity contribution is 0.0967. The van der Waals surface area contributed by atoms with Gasteiger partial charge in [0.25, 0.3) is 0 Å². The molecule has 3 heteroatoms. The molecule has 110 valence electrons. The summed E-state index contributed by atoms with van der Waals surface area (Å²) in [5.74, 6) is 1.94. The average Bonchev–Trinajstić information content (AvgIpc) is 2.90. The van der Waals surface area contributed by atoms with Crippen LogP contribution < -0.4 is 9.47 Å². The van der Waals surface area contributed by atoms with Crippen LogP contribution in [0.1, 0.15) is 56.3 Å². The van der Waals surface area contributed by atoms with E-state index in [9.17, 15) is 4.79 Å². The summed E-state index contributed by atoms with van der Waals surface area (Å²) in [4.78, 5) is 12.1. The molecule has 1 aromatic carbocycles. The van der Waals surface area contributed by atoms with Crippen molar-refractivity contribution in [1.82, 2.24) is 0 Å². The van der Waals surface area contributed by atoms with Gasteiger partial charge >= 0.3 is 0 Å². The van der Waals surface area contributed by atoms with Crippen molar-refractivity contribution in [3.05, 3.63) is 23.8 Å². The number of rotatable bonds is 6. The number of hydrogen-bond donors (Lipinski definition) is 0. The Morgan fingerprint density at radius 3 is 2.55 bits per heavy atom. The number of hydrogen-bond acceptors (Lipinski definition) is 3. The van der Waals surface area contributed by atoms with Crippen LogP contribution in [0.2, 0.25) is 0 Å². The van der Waals surface area contributed by atoms with Crippen LogP contribution in [0.3, 0.4) is 0 Å². The van der Waals surface area contributed by atoms with E-state index >= 15 is 0 Å². The lowest BCUT2D eigenvalue weighted by Gasteiger charge is -2.16. The van der Waals surface area contributed by atoms with Gasteiger partial charge in [0.15, 0.2) is 17.3 Å². The van der Waals surface area contributed by atoms with Crippen LogP contribution in [-0.4, -0.2) is 19.0 Å². The SMILES string of the molecule is COc1ccc(C(=O)CC(C)C)cc1OC1CCCC1. The summed E-state index contributed by atoms with van der Waals surface area (Å²) in [5, 5.41) is 0. The van der Waals surface area contributed by atoms with Gasteiger partial charge in [-0.05, 0) is 49.8 Å². The third-order valence-electron chi connectivity index (χ3n) is 3.68. The third kappa shape index (κ3) is 3.75. The lowest BCUT2D eigenvalue weighted by Crippen LogP contribution is -2.12. The van der Waals surface area contributed by atoms with Crippen molar-refractivity contribution in [1.29, 1.82) is 0 Å². The highest BCUT2D eigenvalue weighted by atomic mass is 16.5. The van der Waals surface area contributed by atoms with Crippen molar-refractivity contribution in [2.75, 3.05) is 7.11 Å². The summed E-state index contributed by atoms with van der Waals surface area (Å²) in [6, 6.07) is 5.49. The smallest absolute Gasteiger partial charge is 0.163 e. The molecule has 0 N–H and O–H groups in total. The van der Waals surface area contributed by atoms with E-state index in [1.807, 2.05) is 18.2 Å². The second kappa shape index (κ2) is 6.78. The van der Waals surface area contributed by atoms with Crippen LogP contribution in [0.5, 0.6) is 11.5 Å². The zero-order valence-electron chi connectivity index (χ0n) is 12.6. The second-order valence-electron chi connectivity index (χ2n) is 5.91. The molecule has 0 heterocycles. The molecule has 0 bridgehead atoms. The number of carbonyl (C=O) groups excluding carboxylic acids is 1. The van der Waals surface area contributed by atoms with Crippen molar-refractivity contribution in [2.45, 2.75) is 52.1 Å². The van der Waals surface area contributed by atoms with Crippen molar-refractivity contribution < 1.29 is 14.3 Å². The van der Waals surface area contributed by atoms with E-state index in [1.165, 1.54) is 12.8 Å². The van der Waals surface area contributed by atoms with Crippen LogP contribution in [0.15, 0.2) is 18.2 Å². The second-order valence-corrected chi connectivity index (χ2v) is 5.91. The largest absolute Gasteiger partial charge is 0.493 e. The van der Waals surface area contributed by atoms with Gasteiger partial charge in [0.2, 0.25) is 0 Å². The molecule has 2 rings (SSSR count). The molecule has 0 unspecified atom stereocenters. The minimum atomic E-state index is 0.166. The van der Waals surface area contributed by atoms with E-state index < -0.39 is 0 Å². The highest BCUT2D eigenvalue weighted by Gasteiger charge is 2.19. The molecule has 0 aromatic heterocycles. The first kappa shape index (κ1) is 14.9. The fraction of sp³-hybridized carbons (Fsp3) is 0.588. The molecule has 0 aliphatic heterocycles. The molecule has 1 fully saturated rings. The summed E-state index contributed by atoms with van der Waals surface area (Å²) in [5.41, 5.74) is 0.715. The van der Waals surface area contributed by atoms with Gasteiger partial charge in [0.05, 0.1) is 13.2 Å². The Morgan fingerprint density at radius 2 is 1.95 bits per heavy atom. The number of ketones is 1. The Bertz CT molecular complexity index is 459. The molecule has 0 amide bonds. The van der Waals surface area contributed by atoms with Gasteiger partial charge in [-0.1, -0.05) is 13.8 Å². The first-order valence-corrected chi connectivity index (χ1v) is 7.48. The van der Waals surface area contributed by atoms with Gasteiger partial charge in [-0.25, -0.2) is 0 Å². The Kier molecular flexibility index (Phi) is 5.05. The van der Waals surface area contributed by atoms with Crippen molar-refractivity contribution >= 4 is 5.78 Å². The molecular weight excluding hydrogens is 252 g/mol. The molecule has 3 nitrogen and oxygen atoms in total. The van der Waals surface area contributed by atoms with Crippen LogP contribution in [0, 0.1) is 5.92 Å². The zero-order chi connectivity index (χ0) is 14.5. The highest BCUT2D eigenvalue weighted by Crippen LogP contribution is 2.32. The summed E-state index contributed by atoms with van der Waals surface area (Å²) < 4.78 is 11.4. The molecule has 1 aliphatic carbocycles. The van der Waals surface area contributed by atoms with Gasteiger partial charge in [-0.15, -0.1) is 0 Å². The molecule has 0 saturated heterocycles. The summed E-state index contributed by atoms with van der Waals surface area (Å²) in [7, 11) is 1.63. The maximum absolute atomic E-state index is 12.1. The summed E-state index contributed by atoms with van der Waals surface area (Å²) >= 11 is 0. The molecule has 0 radical (unpaired) electrons. The topological polar surface area (TPSA) is 35.5 Å². The van der Waals surface area contributed by atoms with Gasteiger partial charge in [-0.3, -0.25) is 4.79 Å².